The summed E-state index contributed by atoms with van der Waals surface area (Å²) in [5.41, 5.74) is 1.39. The van der Waals surface area contributed by atoms with Crippen molar-refractivity contribution in [2.75, 3.05) is 112 Å². The summed E-state index contributed by atoms with van der Waals surface area (Å²) in [5, 5.41) is 48.4. The number of Topliss-reactive ketones (excluding diaryl/α,β-unsaturated/α-hetero) is 1. The number of aliphatic hydroxyl groups is 4. The standard InChI is InChI=1S/3C30H47NO7.C26H37NO5/c1-18(7-10-27(32)35-6)21-8-9-22-28-23(13-26(30(21,22)3)37-17-34-5)29(2)14-19-15-31-38-24(19)11-20(29)12-25(28)36-16-33-4;2*1-18(8-11-27(33)36-7)20-9-10-21-28-22(14-26(30(20,21)3)38-17-35-6)29(2)15-23(31-4)24(32)12-19(29)13-25(28)37-16-34-5;1-14(6-9-23(31)32-5)16-7-8-17-24-18(12-22(30)26(16,17)3)25(2)13-19(27-4)20(28)10-15(25)11-21(24)29/h15,18,20-23,25-26,28H,7-14,16-17H2,1-6H3;18-22,25-26,28,32H,8-17H2,1-3,5-7H3;15,18-22,24-26,28,32H,8-14,16-17H2,1-3,5-7H3;13-18,21-22,24,29-30H,6-12H2,1-3,5H3/t18-,20+,21-,22+,23+,25-,26+,28+,29+,30-;18-,19+,20-,21+,22+,25-,26+,28+,29+,30-;18-,19+,20-,21+,22+,24?,25-,26+,28+,29+,30-;14-,15+,16-,17+,18+,21-,22+,24+,25+,26-/m1111/s1. The fourth-order valence-corrected chi connectivity index (χ4v) is 36.5. The van der Waals surface area contributed by atoms with Gasteiger partial charge in [0.25, 0.3) is 0 Å². The highest BCUT2D eigenvalue weighted by molar-refractivity contribution is 5.98. The Hall–Kier alpha value is -6.35. The average Bonchev–Trinajstić information content (AvgIpc) is 1.46. The monoisotopic (exact) mass is 2040 g/mol. The summed E-state index contributed by atoms with van der Waals surface area (Å²) >= 11 is 0. The molecule has 30 nitrogen and oxygen atoms in total. The quantitative estimate of drug-likeness (QED) is 0.0215. The Kier molecular flexibility index (Phi) is 38.0. The summed E-state index contributed by atoms with van der Waals surface area (Å²) in [6.07, 6.45) is 28.4. The highest BCUT2D eigenvalue weighted by atomic mass is 16.7. The molecule has 0 radical (unpaired) electrons. The molecule has 17 rings (SSSR count). The minimum atomic E-state index is -0.717. The zero-order chi connectivity index (χ0) is 106. The Balaban J connectivity index is 0.000000154. The third-order valence-corrected chi connectivity index (χ3v) is 43.8. The Morgan fingerprint density at radius 3 is 1.18 bits per heavy atom. The van der Waals surface area contributed by atoms with Crippen molar-refractivity contribution in [3.8, 4) is 0 Å². The largest absolute Gasteiger partial charge is 0.524 e. The highest BCUT2D eigenvalue weighted by Crippen LogP contribution is 2.75. The number of nitrogens with zero attached hydrogens (tertiary/aromatic N) is 4. The molecule has 0 spiro atoms. The number of methoxy groups -OCH3 is 10. The molecule has 0 aliphatic heterocycles. The molecule has 12 fully saturated rings. The van der Waals surface area contributed by atoms with Gasteiger partial charge in [0.05, 0.1) is 115 Å². The maximum Gasteiger partial charge on any atom is 0.305 e. The first kappa shape index (κ1) is 115. The number of esters is 4. The molecule has 12 saturated carbocycles. The Labute approximate surface area is 869 Å². The van der Waals surface area contributed by atoms with Crippen molar-refractivity contribution >= 4 is 29.7 Å². The maximum absolute atomic E-state index is 12.4. The molecule has 0 aromatic carbocycles. The normalized spacial score (nSPS) is 42.5. The molecular formula is C116H178N4O26. The average molecular weight is 2040 g/mol. The van der Waals surface area contributed by atoms with Crippen molar-refractivity contribution in [3.63, 3.8) is 0 Å². The molecule has 1 unspecified atom stereocenters. The lowest BCUT2D eigenvalue weighted by atomic mass is 9.43. The SMILES string of the molecule is COCO[C@H]1C[C@H]2[C@@H]([C@H](OCOC)C[C@@H]3Cc4oncc4C[C@@]32C)[C@@H]2CC[C@H]([C@H](C)CCC(=O)OC)[C@@]12C.[C-]#[N+]C1=C(O)C[C@H]2C[C@@H](OCOC)[C@@H]3[C@H](C[C@H](OCOC)[C@]4(C)[C@@H]([C@H](C)CCC(=O)OC)CC[C@@H]34)[C@@]2(C)C1.[C-]#[N+]C1=C[C@@]2(C)[C@@H](CC1=O)C[C@@H](O)[C@@H]1[C@@H]2C[C@H](O)[C@]2(C)[C@@H]([C@H](C)CCC(=O)OC)CC[C@@H]12.[C-]#[N+]C1=C[C@@]2(C)[C@@H](CC1O)C[C@@H](OCOC)[C@@H]1[C@@H]2C[C@H](OCOC)[C@]2(C)[C@@H]([C@H](C)CCC(=O)OC)CC[C@@H]12. The van der Waals surface area contributed by atoms with E-state index >= 15 is 0 Å². The van der Waals surface area contributed by atoms with Crippen LogP contribution in [-0.2, 0) is 113 Å². The van der Waals surface area contributed by atoms with Crippen LogP contribution in [0, 0.1) is 205 Å². The van der Waals surface area contributed by atoms with Gasteiger partial charge < -0.3 is 106 Å². The number of carbonyl (C=O) groups excluding carboxylic acids is 5. The minimum Gasteiger partial charge on any atom is -0.524 e. The number of carbonyl (C=O) groups is 5. The van der Waals surface area contributed by atoms with Gasteiger partial charge >= 0.3 is 23.9 Å². The molecule has 4 N–H and O–H groups in total. The van der Waals surface area contributed by atoms with Crippen LogP contribution in [-0.4, -0.2) is 222 Å². The van der Waals surface area contributed by atoms with E-state index < -0.39 is 18.3 Å². The van der Waals surface area contributed by atoms with Gasteiger partial charge in [-0.25, -0.2) is 14.5 Å². The van der Waals surface area contributed by atoms with Crippen molar-refractivity contribution in [3.05, 3.63) is 86.8 Å². The lowest BCUT2D eigenvalue weighted by molar-refractivity contribution is -0.241. The van der Waals surface area contributed by atoms with Crippen LogP contribution < -0.4 is 0 Å². The summed E-state index contributed by atoms with van der Waals surface area (Å²) in [5.74, 6) is 7.93. The number of aliphatic hydroxyl groups excluding tert-OH is 4. The van der Waals surface area contributed by atoms with Crippen LogP contribution in [0.4, 0.5) is 0 Å². The second-order valence-corrected chi connectivity index (χ2v) is 49.5. The first-order valence-corrected chi connectivity index (χ1v) is 55.0. The molecule has 41 atom stereocenters. The van der Waals surface area contributed by atoms with Crippen molar-refractivity contribution in [1.82, 2.24) is 5.16 Å². The molecule has 16 aliphatic rings. The van der Waals surface area contributed by atoms with Crippen LogP contribution in [0.25, 0.3) is 14.5 Å². The molecule has 146 heavy (non-hydrogen) atoms. The number of aromatic nitrogens is 1. The Morgan fingerprint density at radius 1 is 0.411 bits per heavy atom. The first-order chi connectivity index (χ1) is 69.6. The number of ether oxygens (including phenoxy) is 16. The number of rotatable bonds is 34. The van der Waals surface area contributed by atoms with E-state index in [0.29, 0.717) is 166 Å². The predicted octanol–water partition coefficient (Wildman–Crippen LogP) is 19.4. The smallest absolute Gasteiger partial charge is 0.305 e. The Morgan fingerprint density at radius 2 is 0.781 bits per heavy atom. The topological polar surface area (TPSA) is 353 Å². The highest BCUT2D eigenvalue weighted by Gasteiger charge is 2.73. The molecule has 1 aromatic heterocycles. The van der Waals surface area contributed by atoms with Crippen LogP contribution in [0.3, 0.4) is 0 Å². The number of ketones is 1. The molecular weight excluding hydrogens is 1870 g/mol. The van der Waals surface area contributed by atoms with Crippen LogP contribution >= 0.6 is 0 Å². The van der Waals surface area contributed by atoms with E-state index in [2.05, 4.69) is 109 Å². The maximum atomic E-state index is 12.4. The van der Waals surface area contributed by atoms with Gasteiger partial charge in [-0.05, 0) is 323 Å². The van der Waals surface area contributed by atoms with E-state index in [-0.39, 0.29) is 213 Å². The minimum absolute atomic E-state index is 0.00341. The van der Waals surface area contributed by atoms with Crippen molar-refractivity contribution in [2.45, 2.75) is 331 Å². The molecule has 1 aromatic rings. The van der Waals surface area contributed by atoms with Gasteiger partial charge in [0.1, 0.15) is 46.5 Å². The summed E-state index contributed by atoms with van der Waals surface area (Å²) in [6.45, 7) is 52.2. The molecule has 0 amide bonds. The lowest BCUT2D eigenvalue weighted by Crippen LogP contribution is -2.63. The van der Waals surface area contributed by atoms with E-state index in [1.807, 2.05) is 12.3 Å². The summed E-state index contributed by atoms with van der Waals surface area (Å²) in [7, 11) is 15.9. The third-order valence-electron chi connectivity index (χ3n) is 43.8. The van der Waals surface area contributed by atoms with Crippen LogP contribution in [0.5, 0.6) is 0 Å². The van der Waals surface area contributed by atoms with Crippen LogP contribution in [0.1, 0.15) is 274 Å². The molecule has 1 heterocycles. The molecule has 0 bridgehead atoms. The van der Waals surface area contributed by atoms with Gasteiger partial charge in [0.15, 0.2) is 11.5 Å². The second kappa shape index (κ2) is 48.1. The summed E-state index contributed by atoms with van der Waals surface area (Å²) in [6, 6.07) is 0. The number of hydrogen-bond acceptors (Lipinski definition) is 27. The second-order valence-electron chi connectivity index (χ2n) is 49.5. The van der Waals surface area contributed by atoms with Gasteiger partial charge in [-0.1, -0.05) is 100 Å². The van der Waals surface area contributed by atoms with Crippen LogP contribution in [0.15, 0.2) is 45.7 Å². The number of hydrogen-bond donors (Lipinski definition) is 4. The van der Waals surface area contributed by atoms with Crippen molar-refractivity contribution in [1.29, 1.82) is 0 Å². The fourth-order valence-electron chi connectivity index (χ4n) is 36.5. The van der Waals surface area contributed by atoms with Gasteiger partial charge in [0.2, 0.25) is 11.4 Å². The molecule has 30 heteroatoms. The summed E-state index contributed by atoms with van der Waals surface area (Å²) < 4.78 is 96.8. The molecule has 16 aliphatic carbocycles. The van der Waals surface area contributed by atoms with Gasteiger partial charge in [-0.2, -0.15) is 0 Å². The van der Waals surface area contributed by atoms with E-state index in [9.17, 15) is 44.4 Å². The van der Waals surface area contributed by atoms with Crippen molar-refractivity contribution < 1.29 is 125 Å². The summed E-state index contributed by atoms with van der Waals surface area (Å²) in [4.78, 5) is 70.9. The van der Waals surface area contributed by atoms with E-state index in [1.165, 1.54) is 34.0 Å². The van der Waals surface area contributed by atoms with E-state index in [0.717, 1.165) is 134 Å². The van der Waals surface area contributed by atoms with Gasteiger partial charge in [0, 0.05) is 103 Å². The number of allylic oxidation sites excluding steroid dienone is 5. The number of fused-ring (bicyclic) bond motifs is 21. The zero-order valence-corrected chi connectivity index (χ0v) is 91.8. The van der Waals surface area contributed by atoms with E-state index in [1.54, 1.807) is 42.7 Å². The van der Waals surface area contributed by atoms with Crippen molar-refractivity contribution in [2.24, 2.45) is 185 Å². The Bertz CT molecular complexity index is 4840. The third kappa shape index (κ3) is 21.5. The van der Waals surface area contributed by atoms with Gasteiger partial charge in [-0.15, -0.1) is 0 Å². The molecule has 818 valence electrons. The predicted molar refractivity (Wildman–Crippen MR) is 542 cm³/mol. The molecule has 0 saturated heterocycles. The first-order valence-electron chi connectivity index (χ1n) is 55.0. The fraction of sp³-hybridized carbons (Fsp3) is 0.853. The van der Waals surface area contributed by atoms with Gasteiger partial charge in [-0.3, -0.25) is 19.2 Å². The van der Waals surface area contributed by atoms with Crippen LogP contribution in [0.2, 0.25) is 0 Å². The lowest BCUT2D eigenvalue weighted by Gasteiger charge is -2.64. The van der Waals surface area contributed by atoms with E-state index in [4.69, 9.17) is 100 Å². The zero-order valence-electron chi connectivity index (χ0n) is 91.8.